The number of nitrogens with one attached hydrogen (secondary N) is 2. The first-order valence-electron chi connectivity index (χ1n) is 13.3. The second kappa shape index (κ2) is 11.3. The van der Waals surface area contributed by atoms with E-state index in [1.165, 1.54) is 11.1 Å². The van der Waals surface area contributed by atoms with E-state index >= 15 is 0 Å². The Morgan fingerprint density at radius 3 is 2.72 bits per heavy atom. The number of benzene rings is 1. The third kappa shape index (κ3) is 6.82. The summed E-state index contributed by atoms with van der Waals surface area (Å²) in [5.74, 6) is 2.08. The summed E-state index contributed by atoms with van der Waals surface area (Å²) in [6.07, 6.45) is 4.52. The van der Waals surface area contributed by atoms with Gasteiger partial charge in [0.05, 0.1) is 18.2 Å². The van der Waals surface area contributed by atoms with Gasteiger partial charge < -0.3 is 20.1 Å². The molecular weight excluding hydrogens is 456 g/mol. The molecule has 36 heavy (non-hydrogen) atoms. The zero-order valence-electron chi connectivity index (χ0n) is 22.4. The molecular formula is C27H42N6O3. The maximum absolute atomic E-state index is 11.9. The molecule has 198 valence electrons. The number of aryl methyl sites for hydroxylation is 1. The number of hydrogen-bond acceptors (Lipinski definition) is 7. The molecule has 2 saturated heterocycles. The van der Waals surface area contributed by atoms with Gasteiger partial charge in [0.25, 0.3) is 0 Å². The van der Waals surface area contributed by atoms with E-state index in [-0.39, 0.29) is 17.7 Å². The van der Waals surface area contributed by atoms with E-state index in [0.717, 1.165) is 57.0 Å². The van der Waals surface area contributed by atoms with E-state index < -0.39 is 5.60 Å². The minimum Gasteiger partial charge on any atom is -0.444 e. The van der Waals surface area contributed by atoms with Crippen LogP contribution >= 0.6 is 0 Å². The molecule has 3 heterocycles. The van der Waals surface area contributed by atoms with Gasteiger partial charge in [-0.25, -0.2) is 9.48 Å². The lowest BCUT2D eigenvalue weighted by Crippen LogP contribution is -2.47. The standard InChI is InChI=1S/C27H42N6O3/c1-19(2)14-21-10-6-7-11-22(21)23(29-18-27-15-20(16-27)17-35-27)24-30-31-32-33(24)13-9-8-12-28-25(34)36-26(3,4)5/h6-7,10-11,19-20,23,29H,8-9,12-18H2,1-5H3,(H,28,34). The Balaban J connectivity index is 1.43. The SMILES string of the molecule is CC(C)Cc1ccccc1C(NCC12CC(CO1)C2)c1nnnn1CCCCNC(=O)OC(C)(C)C. The van der Waals surface area contributed by atoms with E-state index in [4.69, 9.17) is 9.47 Å². The van der Waals surface area contributed by atoms with E-state index in [1.54, 1.807) is 0 Å². The topological polar surface area (TPSA) is 103 Å². The number of unbranched alkanes of at least 4 members (excludes halogenated alkanes) is 1. The van der Waals surface area contributed by atoms with Gasteiger partial charge in [-0.3, -0.25) is 0 Å². The minimum absolute atomic E-state index is 0.0402. The van der Waals surface area contributed by atoms with E-state index in [0.29, 0.717) is 19.0 Å². The van der Waals surface area contributed by atoms with Crippen LogP contribution in [0.2, 0.25) is 0 Å². The van der Waals surface area contributed by atoms with Crippen molar-refractivity contribution in [1.82, 2.24) is 30.8 Å². The van der Waals surface area contributed by atoms with Gasteiger partial charge in [-0.05, 0) is 86.3 Å². The molecule has 2 N–H and O–H groups in total. The number of aromatic nitrogens is 4. The molecule has 2 aliphatic heterocycles. The third-order valence-electron chi connectivity index (χ3n) is 6.85. The lowest BCUT2D eigenvalue weighted by molar-refractivity contribution is 0.00111. The fraction of sp³-hybridized carbons (Fsp3) is 0.704. The number of tetrazole rings is 1. The molecule has 1 amide bonds. The fourth-order valence-electron chi connectivity index (χ4n) is 5.26. The number of ether oxygens (including phenoxy) is 2. The first kappa shape index (κ1) is 26.5. The zero-order chi connectivity index (χ0) is 25.8. The quantitative estimate of drug-likeness (QED) is 0.426. The molecule has 1 saturated carbocycles. The maximum Gasteiger partial charge on any atom is 0.407 e. The fourth-order valence-corrected chi connectivity index (χ4v) is 5.26. The van der Waals surface area contributed by atoms with Gasteiger partial charge in [0, 0.05) is 19.6 Å². The molecule has 0 spiro atoms. The number of nitrogens with zero attached hydrogens (tertiary/aromatic N) is 4. The van der Waals surface area contributed by atoms with Gasteiger partial charge in [-0.2, -0.15) is 0 Å². The predicted octanol–water partition coefficient (Wildman–Crippen LogP) is 4.03. The van der Waals surface area contributed by atoms with Crippen molar-refractivity contribution in [3.8, 4) is 0 Å². The Morgan fingerprint density at radius 1 is 1.25 bits per heavy atom. The molecule has 1 atom stereocenters. The average molecular weight is 499 g/mol. The number of rotatable bonds is 12. The first-order chi connectivity index (χ1) is 17.1. The van der Waals surface area contributed by atoms with Crippen molar-refractivity contribution in [2.75, 3.05) is 19.7 Å². The Labute approximate surface area is 214 Å². The van der Waals surface area contributed by atoms with Crippen LogP contribution in [0, 0.1) is 11.8 Å². The Morgan fingerprint density at radius 2 is 2.03 bits per heavy atom. The van der Waals surface area contributed by atoms with Crippen molar-refractivity contribution in [2.45, 2.75) is 90.5 Å². The zero-order valence-corrected chi connectivity index (χ0v) is 22.4. The highest BCUT2D eigenvalue weighted by Crippen LogP contribution is 2.48. The van der Waals surface area contributed by atoms with Crippen LogP contribution in [0.15, 0.2) is 24.3 Å². The summed E-state index contributed by atoms with van der Waals surface area (Å²) < 4.78 is 13.3. The number of amides is 1. The normalized spacial score (nSPS) is 21.9. The summed E-state index contributed by atoms with van der Waals surface area (Å²) in [5.41, 5.74) is 2.00. The van der Waals surface area contributed by atoms with Crippen molar-refractivity contribution >= 4 is 6.09 Å². The molecule has 9 nitrogen and oxygen atoms in total. The van der Waals surface area contributed by atoms with Crippen LogP contribution in [-0.4, -0.2) is 57.2 Å². The van der Waals surface area contributed by atoms with E-state index in [9.17, 15) is 4.79 Å². The predicted molar refractivity (Wildman–Crippen MR) is 138 cm³/mol. The van der Waals surface area contributed by atoms with Gasteiger partial charge in [0.2, 0.25) is 0 Å². The van der Waals surface area contributed by atoms with Crippen LogP contribution < -0.4 is 10.6 Å². The largest absolute Gasteiger partial charge is 0.444 e. The molecule has 3 aliphatic rings. The Hall–Kier alpha value is -2.52. The molecule has 3 fully saturated rings. The van der Waals surface area contributed by atoms with Gasteiger partial charge in [0.15, 0.2) is 5.82 Å². The van der Waals surface area contributed by atoms with Gasteiger partial charge in [-0.1, -0.05) is 38.1 Å². The van der Waals surface area contributed by atoms with Crippen LogP contribution in [0.3, 0.4) is 0 Å². The molecule has 5 rings (SSSR count). The Kier molecular flexibility index (Phi) is 8.30. The molecule has 2 bridgehead atoms. The highest BCUT2D eigenvalue weighted by molar-refractivity contribution is 5.67. The summed E-state index contributed by atoms with van der Waals surface area (Å²) in [5, 5.41) is 19.4. The molecule has 1 aromatic carbocycles. The minimum atomic E-state index is -0.497. The number of carbonyl (C=O) groups excluding carboxylic acids is 1. The summed E-state index contributed by atoms with van der Waals surface area (Å²) in [6, 6.07) is 8.48. The lowest BCUT2D eigenvalue weighted by Gasteiger charge is -2.37. The first-order valence-corrected chi connectivity index (χ1v) is 13.3. The third-order valence-corrected chi connectivity index (χ3v) is 6.85. The monoisotopic (exact) mass is 498 g/mol. The van der Waals surface area contributed by atoms with E-state index in [1.807, 2.05) is 25.5 Å². The van der Waals surface area contributed by atoms with Crippen molar-refractivity contribution < 1.29 is 14.3 Å². The molecule has 2 aromatic rings. The highest BCUT2D eigenvalue weighted by atomic mass is 16.6. The van der Waals surface area contributed by atoms with Gasteiger partial charge in [0.1, 0.15) is 5.60 Å². The van der Waals surface area contributed by atoms with Crippen LogP contribution in [0.25, 0.3) is 0 Å². The number of fused-ring (bicyclic) bond motifs is 1. The molecule has 1 unspecified atom stereocenters. The number of carbonyl (C=O) groups is 1. The van der Waals surface area contributed by atoms with Crippen molar-refractivity contribution in [3.63, 3.8) is 0 Å². The summed E-state index contributed by atoms with van der Waals surface area (Å²) in [4.78, 5) is 11.9. The van der Waals surface area contributed by atoms with Gasteiger partial charge in [-0.15, -0.1) is 5.10 Å². The lowest BCUT2D eigenvalue weighted by atomic mass is 9.74. The smallest absolute Gasteiger partial charge is 0.407 e. The van der Waals surface area contributed by atoms with Gasteiger partial charge >= 0.3 is 6.09 Å². The number of alkyl carbamates (subject to hydrolysis) is 1. The second-order valence-corrected chi connectivity index (χ2v) is 11.8. The summed E-state index contributed by atoms with van der Waals surface area (Å²) >= 11 is 0. The summed E-state index contributed by atoms with van der Waals surface area (Å²) in [7, 11) is 0. The second-order valence-electron chi connectivity index (χ2n) is 11.8. The molecule has 1 aromatic heterocycles. The number of hydrogen-bond donors (Lipinski definition) is 2. The molecule has 0 radical (unpaired) electrons. The average Bonchev–Trinajstić information content (AvgIpc) is 3.49. The molecule has 9 heteroatoms. The van der Waals surface area contributed by atoms with E-state index in [2.05, 4.69) is 64.3 Å². The van der Waals surface area contributed by atoms with Crippen LogP contribution in [0.1, 0.15) is 83.3 Å². The summed E-state index contributed by atoms with van der Waals surface area (Å²) in [6.45, 7) is 13.0. The van der Waals surface area contributed by atoms with Crippen LogP contribution in [-0.2, 0) is 22.4 Å². The highest BCUT2D eigenvalue weighted by Gasteiger charge is 2.51. The Bertz CT molecular complexity index is 1000. The van der Waals surface area contributed by atoms with Crippen molar-refractivity contribution in [1.29, 1.82) is 0 Å². The van der Waals surface area contributed by atoms with Crippen LogP contribution in [0.4, 0.5) is 4.79 Å². The van der Waals surface area contributed by atoms with Crippen molar-refractivity contribution in [3.05, 3.63) is 41.2 Å². The van der Waals surface area contributed by atoms with Crippen molar-refractivity contribution in [2.24, 2.45) is 11.8 Å². The van der Waals surface area contributed by atoms with Crippen LogP contribution in [0.5, 0.6) is 0 Å². The molecule has 1 aliphatic carbocycles. The maximum atomic E-state index is 11.9.